The van der Waals surface area contributed by atoms with Crippen LogP contribution in [0.25, 0.3) is 0 Å². The first kappa shape index (κ1) is 14.5. The lowest BCUT2D eigenvalue weighted by Gasteiger charge is -2.34. The number of piperidine rings is 1. The Morgan fingerprint density at radius 1 is 1.05 bits per heavy atom. The number of nitrogens with zero attached hydrogens (tertiary/aromatic N) is 4. The Balaban J connectivity index is 1.76. The van der Waals surface area contributed by atoms with Crippen molar-refractivity contribution in [1.82, 2.24) is 15.0 Å². The fourth-order valence-corrected chi connectivity index (χ4v) is 2.54. The summed E-state index contributed by atoms with van der Waals surface area (Å²) in [6.45, 7) is 1.39. The summed E-state index contributed by atoms with van der Waals surface area (Å²) in [5.41, 5.74) is 19.3. The third kappa shape index (κ3) is 3.41. The van der Waals surface area contributed by atoms with Gasteiger partial charge in [-0.3, -0.25) is 0 Å². The minimum atomic E-state index is 0.0361. The molecule has 1 fully saturated rings. The molecule has 0 spiro atoms. The highest BCUT2D eigenvalue weighted by molar-refractivity contribution is 5.57. The zero-order valence-electron chi connectivity index (χ0n) is 12.2. The number of nitrogens with one attached hydrogen (secondary N) is 1. The monoisotopic (exact) mass is 300 g/mol. The van der Waals surface area contributed by atoms with Gasteiger partial charge in [0.05, 0.1) is 0 Å². The quantitative estimate of drug-likeness (QED) is 0.585. The smallest absolute Gasteiger partial charge is 0.231 e. The van der Waals surface area contributed by atoms with Gasteiger partial charge in [-0.05, 0) is 30.7 Å². The second-order valence-corrected chi connectivity index (χ2v) is 5.52. The van der Waals surface area contributed by atoms with Crippen LogP contribution < -0.4 is 27.4 Å². The van der Waals surface area contributed by atoms with E-state index in [4.69, 9.17) is 17.2 Å². The van der Waals surface area contributed by atoms with Gasteiger partial charge in [0.15, 0.2) is 0 Å². The summed E-state index contributed by atoms with van der Waals surface area (Å²) >= 11 is 0. The van der Waals surface area contributed by atoms with E-state index in [1.54, 1.807) is 0 Å². The zero-order chi connectivity index (χ0) is 15.5. The van der Waals surface area contributed by atoms with Gasteiger partial charge in [-0.15, -0.1) is 0 Å². The predicted octanol–water partition coefficient (Wildman–Crippen LogP) is 0.0621. The van der Waals surface area contributed by atoms with Crippen LogP contribution in [0, 0.1) is 0 Å². The second kappa shape index (κ2) is 6.12. The van der Waals surface area contributed by atoms with Crippen molar-refractivity contribution in [3.05, 3.63) is 30.6 Å². The standard InChI is InChI=1S/C14H20N8/c15-9-1-3-12(4-2-9)20-13-18-8-19-14(21-13)22-6-10(16)5-11(17)7-22/h1-4,8,10-11H,5-7,15-17H2,(H,18,19,20,21)/t10-,11+. The number of nitrogens with two attached hydrogens (primary N) is 3. The summed E-state index contributed by atoms with van der Waals surface area (Å²) in [6.07, 6.45) is 2.30. The molecule has 0 saturated carbocycles. The van der Waals surface area contributed by atoms with Crippen molar-refractivity contribution in [3.8, 4) is 0 Å². The summed E-state index contributed by atoms with van der Waals surface area (Å²) in [6, 6.07) is 7.43. The molecule has 0 radical (unpaired) electrons. The number of hydrogen-bond acceptors (Lipinski definition) is 8. The van der Waals surface area contributed by atoms with Crippen LogP contribution in [-0.4, -0.2) is 40.1 Å². The van der Waals surface area contributed by atoms with Crippen LogP contribution in [-0.2, 0) is 0 Å². The summed E-state index contributed by atoms with van der Waals surface area (Å²) in [5, 5.41) is 3.13. The normalized spacial score (nSPS) is 21.6. The van der Waals surface area contributed by atoms with Crippen molar-refractivity contribution in [2.45, 2.75) is 18.5 Å². The van der Waals surface area contributed by atoms with Crippen molar-refractivity contribution in [2.75, 3.05) is 29.0 Å². The lowest BCUT2D eigenvalue weighted by molar-refractivity contribution is 0.447. The molecule has 2 atom stereocenters. The van der Waals surface area contributed by atoms with Crippen LogP contribution in [0.4, 0.5) is 23.3 Å². The fraction of sp³-hybridized carbons (Fsp3) is 0.357. The zero-order valence-corrected chi connectivity index (χ0v) is 12.2. The Kier molecular flexibility index (Phi) is 4.03. The third-order valence-electron chi connectivity index (χ3n) is 3.52. The molecular weight excluding hydrogens is 280 g/mol. The predicted molar refractivity (Wildman–Crippen MR) is 86.7 cm³/mol. The second-order valence-electron chi connectivity index (χ2n) is 5.52. The maximum atomic E-state index is 6.01. The average Bonchev–Trinajstić information content (AvgIpc) is 2.49. The number of benzene rings is 1. The van der Waals surface area contributed by atoms with Crippen molar-refractivity contribution < 1.29 is 0 Å². The van der Waals surface area contributed by atoms with Crippen molar-refractivity contribution in [3.63, 3.8) is 0 Å². The highest BCUT2D eigenvalue weighted by Crippen LogP contribution is 2.18. The first-order valence-corrected chi connectivity index (χ1v) is 7.18. The molecular formula is C14H20N8. The fourth-order valence-electron chi connectivity index (χ4n) is 2.54. The van der Waals surface area contributed by atoms with Crippen LogP contribution in [0.5, 0.6) is 0 Å². The van der Waals surface area contributed by atoms with E-state index in [1.165, 1.54) is 6.33 Å². The first-order valence-electron chi connectivity index (χ1n) is 7.18. The Morgan fingerprint density at radius 3 is 2.41 bits per heavy atom. The van der Waals surface area contributed by atoms with E-state index in [-0.39, 0.29) is 12.1 Å². The topological polar surface area (TPSA) is 132 Å². The molecule has 2 aromatic rings. The molecule has 0 amide bonds. The number of aromatic nitrogens is 3. The number of rotatable bonds is 3. The minimum absolute atomic E-state index is 0.0361. The molecule has 8 nitrogen and oxygen atoms in total. The molecule has 0 unspecified atom stereocenters. The van der Waals surface area contributed by atoms with E-state index >= 15 is 0 Å². The maximum absolute atomic E-state index is 6.01. The van der Waals surface area contributed by atoms with Crippen LogP contribution in [0.1, 0.15) is 6.42 Å². The van der Waals surface area contributed by atoms with Crippen molar-refractivity contribution in [1.29, 1.82) is 0 Å². The molecule has 0 aliphatic carbocycles. The van der Waals surface area contributed by atoms with Gasteiger partial charge in [0.1, 0.15) is 6.33 Å². The van der Waals surface area contributed by atoms with Gasteiger partial charge in [-0.25, -0.2) is 9.97 Å². The van der Waals surface area contributed by atoms with Crippen LogP contribution in [0.2, 0.25) is 0 Å². The van der Waals surface area contributed by atoms with Crippen LogP contribution in [0.15, 0.2) is 30.6 Å². The van der Waals surface area contributed by atoms with E-state index in [1.807, 2.05) is 29.2 Å². The van der Waals surface area contributed by atoms with E-state index < -0.39 is 0 Å². The van der Waals surface area contributed by atoms with Crippen molar-refractivity contribution >= 4 is 23.3 Å². The van der Waals surface area contributed by atoms with Gasteiger partial charge in [-0.2, -0.15) is 4.98 Å². The summed E-state index contributed by atoms with van der Waals surface area (Å²) in [5.74, 6) is 1.06. The molecule has 3 rings (SSSR count). The Bertz CT molecular complexity index is 619. The Morgan fingerprint density at radius 2 is 1.73 bits per heavy atom. The van der Waals surface area contributed by atoms with Crippen molar-refractivity contribution in [2.24, 2.45) is 11.5 Å². The SMILES string of the molecule is Nc1ccc(Nc2ncnc(N3C[C@H](N)C[C@H](N)C3)n2)cc1. The molecule has 8 heteroatoms. The van der Waals surface area contributed by atoms with E-state index in [0.717, 1.165) is 12.1 Å². The lowest BCUT2D eigenvalue weighted by Crippen LogP contribution is -2.52. The highest BCUT2D eigenvalue weighted by Gasteiger charge is 2.24. The third-order valence-corrected chi connectivity index (χ3v) is 3.52. The molecule has 1 aliphatic heterocycles. The maximum Gasteiger partial charge on any atom is 0.231 e. The molecule has 22 heavy (non-hydrogen) atoms. The van der Waals surface area contributed by atoms with Crippen LogP contribution >= 0.6 is 0 Å². The Hall–Kier alpha value is -2.45. The molecule has 7 N–H and O–H groups in total. The van der Waals surface area contributed by atoms with Gasteiger partial charge >= 0.3 is 0 Å². The number of nitrogen functional groups attached to an aromatic ring is 1. The first-order chi connectivity index (χ1) is 10.6. The van der Waals surface area contributed by atoms with E-state index in [2.05, 4.69) is 20.3 Å². The van der Waals surface area contributed by atoms with Gasteiger partial charge in [0.25, 0.3) is 0 Å². The van der Waals surface area contributed by atoms with E-state index in [0.29, 0.717) is 30.7 Å². The summed E-state index contributed by atoms with van der Waals surface area (Å²) in [7, 11) is 0. The van der Waals surface area contributed by atoms with Gasteiger partial charge in [0, 0.05) is 36.5 Å². The minimum Gasteiger partial charge on any atom is -0.399 e. The molecule has 116 valence electrons. The molecule has 1 aliphatic rings. The van der Waals surface area contributed by atoms with Crippen LogP contribution in [0.3, 0.4) is 0 Å². The summed E-state index contributed by atoms with van der Waals surface area (Å²) < 4.78 is 0. The molecule has 1 saturated heterocycles. The highest BCUT2D eigenvalue weighted by atomic mass is 15.3. The van der Waals surface area contributed by atoms with E-state index in [9.17, 15) is 0 Å². The molecule has 0 bridgehead atoms. The van der Waals surface area contributed by atoms with Gasteiger partial charge in [0.2, 0.25) is 11.9 Å². The molecule has 2 heterocycles. The number of hydrogen-bond donors (Lipinski definition) is 4. The molecule has 1 aromatic heterocycles. The molecule has 1 aromatic carbocycles. The largest absolute Gasteiger partial charge is 0.399 e. The average molecular weight is 300 g/mol. The van der Waals surface area contributed by atoms with Gasteiger partial charge < -0.3 is 27.4 Å². The van der Waals surface area contributed by atoms with Gasteiger partial charge in [-0.1, -0.05) is 0 Å². The number of anilines is 4. The lowest BCUT2D eigenvalue weighted by atomic mass is 10.0. The summed E-state index contributed by atoms with van der Waals surface area (Å²) in [4.78, 5) is 14.8. The Labute approximate surface area is 128 Å².